The van der Waals surface area contributed by atoms with E-state index >= 15 is 0 Å². The number of fused-ring (bicyclic) bond motifs is 1. The first-order chi connectivity index (χ1) is 12.4. The number of hydrogen-bond donors (Lipinski definition) is 1. The molecule has 2 aromatic heterocycles. The highest BCUT2D eigenvalue weighted by molar-refractivity contribution is 7.21. The fraction of sp³-hybridized carbons (Fsp3) is 0.316. The molecular formula is C19H20N2O4S. The number of nitrogens with zero attached hydrogens (tertiary/aromatic N) is 1. The third-order valence-electron chi connectivity index (χ3n) is 3.83. The van der Waals surface area contributed by atoms with Crippen molar-refractivity contribution in [2.45, 2.75) is 27.2 Å². The molecule has 7 heteroatoms. The lowest BCUT2D eigenvalue weighted by atomic mass is 10.1. The molecule has 0 spiro atoms. The minimum atomic E-state index is -0.523. The first-order valence-electron chi connectivity index (χ1n) is 8.28. The molecule has 0 saturated heterocycles. The van der Waals surface area contributed by atoms with Gasteiger partial charge < -0.3 is 9.15 Å². The second-order valence-electron chi connectivity index (χ2n) is 6.36. The Bertz CT molecular complexity index is 938. The van der Waals surface area contributed by atoms with Gasteiger partial charge in [0.2, 0.25) is 11.8 Å². The highest BCUT2D eigenvalue weighted by Gasteiger charge is 2.28. The number of amides is 1. The van der Waals surface area contributed by atoms with Crippen LogP contribution in [-0.4, -0.2) is 24.0 Å². The molecule has 0 fully saturated rings. The van der Waals surface area contributed by atoms with Crippen molar-refractivity contribution < 1.29 is 18.7 Å². The Hall–Kier alpha value is -2.67. The Balaban J connectivity index is 2.13. The van der Waals surface area contributed by atoms with Crippen molar-refractivity contribution in [3.8, 4) is 10.6 Å². The number of aromatic nitrogens is 1. The van der Waals surface area contributed by atoms with Gasteiger partial charge in [-0.3, -0.25) is 10.1 Å². The summed E-state index contributed by atoms with van der Waals surface area (Å²) in [4.78, 5) is 29.1. The van der Waals surface area contributed by atoms with Gasteiger partial charge in [0, 0.05) is 6.42 Å². The van der Waals surface area contributed by atoms with Gasteiger partial charge in [-0.2, -0.15) is 0 Å². The summed E-state index contributed by atoms with van der Waals surface area (Å²) in [6, 6.07) is 7.69. The summed E-state index contributed by atoms with van der Waals surface area (Å²) in [6.45, 7) is 5.59. The topological polar surface area (TPSA) is 81.4 Å². The maximum Gasteiger partial charge on any atom is 0.342 e. The van der Waals surface area contributed by atoms with Crippen LogP contribution in [0, 0.1) is 12.8 Å². The number of para-hydroxylation sites is 1. The summed E-state index contributed by atoms with van der Waals surface area (Å²) < 4.78 is 11.6. The molecule has 1 aromatic carbocycles. The molecule has 6 nitrogen and oxygen atoms in total. The molecule has 0 aliphatic rings. The summed E-state index contributed by atoms with van der Waals surface area (Å²) in [7, 11) is 1.31. The standard InChI is InChI=1S/C19H20N2O4S/c1-10(2)9-14(22)21-17-16(15(11(3)25-17)19(23)24-4)18-20-12-7-5-6-8-13(12)26-18/h5-8,10H,9H2,1-4H3,(H,21,22). The van der Waals surface area contributed by atoms with Gasteiger partial charge in [0.25, 0.3) is 0 Å². The Morgan fingerprint density at radius 3 is 2.69 bits per heavy atom. The number of esters is 1. The Labute approximate surface area is 155 Å². The number of hydrogen-bond acceptors (Lipinski definition) is 6. The summed E-state index contributed by atoms with van der Waals surface area (Å²) in [5.74, 6) is 0.119. The van der Waals surface area contributed by atoms with E-state index in [1.54, 1.807) is 6.92 Å². The van der Waals surface area contributed by atoms with Gasteiger partial charge in [-0.25, -0.2) is 9.78 Å². The van der Waals surface area contributed by atoms with E-state index < -0.39 is 5.97 Å². The van der Waals surface area contributed by atoms with Crippen molar-refractivity contribution >= 4 is 39.3 Å². The first-order valence-corrected chi connectivity index (χ1v) is 9.09. The number of methoxy groups -OCH3 is 1. The molecule has 26 heavy (non-hydrogen) atoms. The largest absolute Gasteiger partial charge is 0.465 e. The van der Waals surface area contributed by atoms with E-state index in [0.29, 0.717) is 22.8 Å². The van der Waals surface area contributed by atoms with Gasteiger partial charge in [0.15, 0.2) is 0 Å². The molecule has 0 unspecified atom stereocenters. The number of ether oxygens (including phenoxy) is 1. The summed E-state index contributed by atoms with van der Waals surface area (Å²) >= 11 is 1.43. The third kappa shape index (κ3) is 3.48. The van der Waals surface area contributed by atoms with E-state index in [1.165, 1.54) is 18.4 Å². The fourth-order valence-corrected chi connectivity index (χ4v) is 3.73. The minimum absolute atomic E-state index is 0.174. The Morgan fingerprint density at radius 1 is 1.31 bits per heavy atom. The summed E-state index contributed by atoms with van der Waals surface area (Å²) in [5, 5.41) is 3.38. The van der Waals surface area contributed by atoms with Crippen molar-refractivity contribution in [3.63, 3.8) is 0 Å². The van der Waals surface area contributed by atoms with Crippen LogP contribution >= 0.6 is 11.3 Å². The first kappa shape index (κ1) is 18.1. The molecule has 0 aliphatic heterocycles. The van der Waals surface area contributed by atoms with E-state index in [4.69, 9.17) is 9.15 Å². The zero-order chi connectivity index (χ0) is 18.8. The van der Waals surface area contributed by atoms with Gasteiger partial charge in [0.1, 0.15) is 16.3 Å². The molecule has 0 radical (unpaired) electrons. The summed E-state index contributed by atoms with van der Waals surface area (Å²) in [5.41, 5.74) is 1.57. The highest BCUT2D eigenvalue weighted by Crippen LogP contribution is 2.40. The fourth-order valence-electron chi connectivity index (χ4n) is 2.71. The van der Waals surface area contributed by atoms with E-state index in [-0.39, 0.29) is 23.3 Å². The lowest BCUT2D eigenvalue weighted by Gasteiger charge is -2.06. The second kappa shape index (κ2) is 7.29. The molecule has 1 amide bonds. The average molecular weight is 372 g/mol. The van der Waals surface area contributed by atoms with Crippen molar-refractivity contribution in [3.05, 3.63) is 35.6 Å². The number of rotatable bonds is 5. The van der Waals surface area contributed by atoms with Crippen LogP contribution in [0.4, 0.5) is 5.88 Å². The molecule has 2 heterocycles. The second-order valence-corrected chi connectivity index (χ2v) is 7.39. The number of furan rings is 1. The molecule has 3 rings (SSSR count). The average Bonchev–Trinajstić information content (AvgIpc) is 3.13. The lowest BCUT2D eigenvalue weighted by Crippen LogP contribution is -2.14. The van der Waals surface area contributed by atoms with Gasteiger partial charge in [-0.1, -0.05) is 26.0 Å². The van der Waals surface area contributed by atoms with Crippen LogP contribution in [-0.2, 0) is 9.53 Å². The van der Waals surface area contributed by atoms with Crippen molar-refractivity contribution in [2.75, 3.05) is 12.4 Å². The molecule has 0 saturated carbocycles. The van der Waals surface area contributed by atoms with Gasteiger partial charge in [0.05, 0.1) is 22.9 Å². The molecule has 0 bridgehead atoms. The van der Waals surface area contributed by atoms with Crippen molar-refractivity contribution in [2.24, 2.45) is 5.92 Å². The predicted octanol–water partition coefficient (Wildman–Crippen LogP) is 4.64. The number of thiazole rings is 1. The van der Waals surface area contributed by atoms with Crippen LogP contribution in [0.1, 0.15) is 36.4 Å². The van der Waals surface area contributed by atoms with Gasteiger partial charge >= 0.3 is 5.97 Å². The number of aryl methyl sites for hydroxylation is 1. The van der Waals surface area contributed by atoms with Crippen LogP contribution in [0.3, 0.4) is 0 Å². The molecule has 1 N–H and O–H groups in total. The normalized spacial score (nSPS) is 11.1. The zero-order valence-electron chi connectivity index (χ0n) is 15.1. The number of carbonyl (C=O) groups is 2. The Morgan fingerprint density at radius 2 is 2.04 bits per heavy atom. The molecule has 0 atom stereocenters. The smallest absolute Gasteiger partial charge is 0.342 e. The number of benzene rings is 1. The van der Waals surface area contributed by atoms with E-state index in [1.807, 2.05) is 38.1 Å². The van der Waals surface area contributed by atoms with Gasteiger partial charge in [-0.15, -0.1) is 11.3 Å². The maximum atomic E-state index is 12.3. The number of nitrogens with one attached hydrogen (secondary N) is 1. The number of anilines is 1. The minimum Gasteiger partial charge on any atom is -0.465 e. The zero-order valence-corrected chi connectivity index (χ0v) is 15.9. The van der Waals surface area contributed by atoms with Crippen LogP contribution in [0.5, 0.6) is 0 Å². The van der Waals surface area contributed by atoms with Gasteiger partial charge in [-0.05, 0) is 25.0 Å². The molecule has 0 aliphatic carbocycles. The maximum absolute atomic E-state index is 12.3. The van der Waals surface area contributed by atoms with Crippen LogP contribution in [0.15, 0.2) is 28.7 Å². The van der Waals surface area contributed by atoms with Crippen LogP contribution < -0.4 is 5.32 Å². The lowest BCUT2D eigenvalue weighted by molar-refractivity contribution is -0.116. The van der Waals surface area contributed by atoms with Crippen LogP contribution in [0.25, 0.3) is 20.8 Å². The van der Waals surface area contributed by atoms with Crippen molar-refractivity contribution in [1.82, 2.24) is 4.98 Å². The predicted molar refractivity (Wildman–Crippen MR) is 101 cm³/mol. The monoisotopic (exact) mass is 372 g/mol. The molecule has 136 valence electrons. The highest BCUT2D eigenvalue weighted by atomic mass is 32.1. The summed E-state index contributed by atoms with van der Waals surface area (Å²) in [6.07, 6.45) is 0.354. The van der Waals surface area contributed by atoms with E-state index in [9.17, 15) is 9.59 Å². The SMILES string of the molecule is COC(=O)c1c(C)oc(NC(=O)CC(C)C)c1-c1nc2ccccc2s1. The van der Waals surface area contributed by atoms with Crippen molar-refractivity contribution in [1.29, 1.82) is 0 Å². The third-order valence-corrected chi connectivity index (χ3v) is 4.88. The number of carbonyl (C=O) groups excluding carboxylic acids is 2. The quantitative estimate of drug-likeness (QED) is 0.660. The van der Waals surface area contributed by atoms with Crippen LogP contribution in [0.2, 0.25) is 0 Å². The van der Waals surface area contributed by atoms with E-state index in [0.717, 1.165) is 10.2 Å². The Kier molecular flexibility index (Phi) is 5.08. The molecular weight excluding hydrogens is 352 g/mol. The molecule has 3 aromatic rings. The van der Waals surface area contributed by atoms with E-state index in [2.05, 4.69) is 10.3 Å².